The first-order valence-corrected chi connectivity index (χ1v) is 7.51. The molecule has 132 valence electrons. The largest absolute Gasteiger partial charge is 0.482 e. The van der Waals surface area contributed by atoms with Crippen LogP contribution in [0.25, 0.3) is 12.2 Å². The highest BCUT2D eigenvalue weighted by Crippen LogP contribution is 2.23. The number of carbonyl (C=O) groups is 1. The molecule has 2 aromatic carbocycles. The SMILES string of the molecule is NC(=O)c1c(F)ccc(OCc2noc(C=Cc3ccccc3)n2)c1F. The Kier molecular flexibility index (Phi) is 5.02. The van der Waals surface area contributed by atoms with Gasteiger partial charge in [-0.2, -0.15) is 4.98 Å². The molecule has 1 aromatic heterocycles. The second kappa shape index (κ2) is 7.56. The van der Waals surface area contributed by atoms with E-state index in [4.69, 9.17) is 15.0 Å². The Balaban J connectivity index is 1.68. The van der Waals surface area contributed by atoms with Gasteiger partial charge in [-0.1, -0.05) is 35.5 Å². The molecule has 0 radical (unpaired) electrons. The van der Waals surface area contributed by atoms with Crippen LogP contribution >= 0.6 is 0 Å². The van der Waals surface area contributed by atoms with E-state index in [0.717, 1.165) is 17.7 Å². The zero-order valence-corrected chi connectivity index (χ0v) is 13.4. The zero-order valence-electron chi connectivity index (χ0n) is 13.4. The van der Waals surface area contributed by atoms with Gasteiger partial charge in [0.05, 0.1) is 0 Å². The standard InChI is InChI=1S/C18H13F2N3O3/c19-12-7-8-13(17(20)16(12)18(21)24)25-10-14-22-15(26-23-14)9-6-11-4-2-1-3-5-11/h1-9H,10H2,(H2,21,24). The minimum Gasteiger partial charge on any atom is -0.482 e. The molecule has 0 fully saturated rings. The second-order valence-corrected chi connectivity index (χ2v) is 5.18. The number of amides is 1. The monoisotopic (exact) mass is 357 g/mol. The Morgan fingerprint density at radius 3 is 2.65 bits per heavy atom. The average molecular weight is 357 g/mol. The highest BCUT2D eigenvalue weighted by Gasteiger charge is 2.19. The molecule has 8 heteroatoms. The summed E-state index contributed by atoms with van der Waals surface area (Å²) in [6.45, 7) is -0.233. The number of aromatic nitrogens is 2. The Labute approximate surface area is 146 Å². The number of primary amides is 1. The molecule has 26 heavy (non-hydrogen) atoms. The van der Waals surface area contributed by atoms with Crippen LogP contribution in [-0.4, -0.2) is 16.0 Å². The van der Waals surface area contributed by atoms with Crippen molar-refractivity contribution in [1.82, 2.24) is 10.1 Å². The maximum Gasteiger partial charge on any atom is 0.254 e. The van der Waals surface area contributed by atoms with Crippen LogP contribution in [0.3, 0.4) is 0 Å². The van der Waals surface area contributed by atoms with E-state index in [9.17, 15) is 13.6 Å². The van der Waals surface area contributed by atoms with Crippen LogP contribution in [0.2, 0.25) is 0 Å². The predicted octanol–water partition coefficient (Wildman–Crippen LogP) is 3.20. The first-order valence-electron chi connectivity index (χ1n) is 7.51. The summed E-state index contributed by atoms with van der Waals surface area (Å²) < 4.78 is 37.7. The van der Waals surface area contributed by atoms with Gasteiger partial charge in [0, 0.05) is 6.08 Å². The zero-order chi connectivity index (χ0) is 18.5. The molecule has 0 aliphatic heterocycles. The van der Waals surface area contributed by atoms with E-state index in [2.05, 4.69) is 10.1 Å². The lowest BCUT2D eigenvalue weighted by Gasteiger charge is -2.07. The summed E-state index contributed by atoms with van der Waals surface area (Å²) in [5.74, 6) is -3.41. The minimum atomic E-state index is -1.22. The summed E-state index contributed by atoms with van der Waals surface area (Å²) in [6, 6.07) is 11.4. The quantitative estimate of drug-likeness (QED) is 0.731. The molecule has 0 atom stereocenters. The average Bonchev–Trinajstić information content (AvgIpc) is 3.08. The number of carbonyl (C=O) groups excluding carboxylic acids is 1. The Hall–Kier alpha value is -3.55. The van der Waals surface area contributed by atoms with Crippen molar-refractivity contribution in [2.45, 2.75) is 6.61 Å². The molecular weight excluding hydrogens is 344 g/mol. The molecule has 0 aliphatic carbocycles. The number of hydrogen-bond donors (Lipinski definition) is 1. The highest BCUT2D eigenvalue weighted by atomic mass is 19.1. The maximum atomic E-state index is 14.1. The Morgan fingerprint density at radius 2 is 1.92 bits per heavy atom. The number of halogens is 2. The van der Waals surface area contributed by atoms with Crippen molar-refractivity contribution in [2.24, 2.45) is 5.73 Å². The van der Waals surface area contributed by atoms with E-state index >= 15 is 0 Å². The van der Waals surface area contributed by atoms with Gasteiger partial charge in [0.25, 0.3) is 11.8 Å². The third-order valence-electron chi connectivity index (χ3n) is 3.36. The van der Waals surface area contributed by atoms with Crippen molar-refractivity contribution in [3.63, 3.8) is 0 Å². The van der Waals surface area contributed by atoms with Gasteiger partial charge in [-0.25, -0.2) is 8.78 Å². The summed E-state index contributed by atoms with van der Waals surface area (Å²) in [5.41, 5.74) is 5.05. The van der Waals surface area contributed by atoms with Gasteiger partial charge in [-0.15, -0.1) is 0 Å². The van der Waals surface area contributed by atoms with E-state index in [-0.39, 0.29) is 24.1 Å². The number of hydrogen-bond acceptors (Lipinski definition) is 5. The smallest absolute Gasteiger partial charge is 0.254 e. The van der Waals surface area contributed by atoms with Crippen molar-refractivity contribution in [3.8, 4) is 5.75 Å². The van der Waals surface area contributed by atoms with Crippen molar-refractivity contribution in [2.75, 3.05) is 0 Å². The molecule has 2 N–H and O–H groups in total. The number of nitrogens with two attached hydrogens (primary N) is 1. The maximum absolute atomic E-state index is 14.1. The molecule has 6 nitrogen and oxygen atoms in total. The van der Waals surface area contributed by atoms with Crippen molar-refractivity contribution in [1.29, 1.82) is 0 Å². The lowest BCUT2D eigenvalue weighted by Crippen LogP contribution is -2.16. The van der Waals surface area contributed by atoms with E-state index < -0.39 is 23.1 Å². The Morgan fingerprint density at radius 1 is 1.15 bits per heavy atom. The van der Waals surface area contributed by atoms with E-state index in [1.54, 1.807) is 12.2 Å². The van der Waals surface area contributed by atoms with Crippen molar-refractivity contribution >= 4 is 18.1 Å². The molecule has 0 unspecified atom stereocenters. The summed E-state index contributed by atoms with van der Waals surface area (Å²) >= 11 is 0. The van der Waals surface area contributed by atoms with Crippen LogP contribution in [0.1, 0.15) is 27.6 Å². The number of benzene rings is 2. The van der Waals surface area contributed by atoms with Gasteiger partial charge in [0.2, 0.25) is 5.82 Å². The van der Waals surface area contributed by atoms with Crippen LogP contribution in [0.15, 0.2) is 47.0 Å². The van der Waals surface area contributed by atoms with Crippen LogP contribution in [0.5, 0.6) is 5.75 Å². The topological polar surface area (TPSA) is 91.2 Å². The third kappa shape index (κ3) is 3.92. The number of nitrogens with zero attached hydrogens (tertiary/aromatic N) is 2. The van der Waals surface area contributed by atoms with E-state index in [0.29, 0.717) is 0 Å². The van der Waals surface area contributed by atoms with Crippen molar-refractivity contribution in [3.05, 3.63) is 76.9 Å². The highest BCUT2D eigenvalue weighted by molar-refractivity contribution is 5.93. The van der Waals surface area contributed by atoms with Crippen LogP contribution in [-0.2, 0) is 6.61 Å². The fourth-order valence-electron chi connectivity index (χ4n) is 2.14. The molecule has 0 aliphatic rings. The molecule has 0 bridgehead atoms. The van der Waals surface area contributed by atoms with Gasteiger partial charge < -0.3 is 15.0 Å². The molecule has 0 saturated carbocycles. The summed E-state index contributed by atoms with van der Waals surface area (Å²) in [4.78, 5) is 15.2. The second-order valence-electron chi connectivity index (χ2n) is 5.18. The van der Waals surface area contributed by atoms with Gasteiger partial charge in [-0.3, -0.25) is 4.79 Å². The normalized spacial score (nSPS) is 11.0. The fraction of sp³-hybridized carbons (Fsp3) is 0.0556. The fourth-order valence-corrected chi connectivity index (χ4v) is 2.14. The summed E-state index contributed by atoms with van der Waals surface area (Å²) in [7, 11) is 0. The number of ether oxygens (including phenoxy) is 1. The van der Waals surface area contributed by atoms with Crippen LogP contribution in [0.4, 0.5) is 8.78 Å². The van der Waals surface area contributed by atoms with Gasteiger partial charge in [0.15, 0.2) is 18.2 Å². The Bertz CT molecular complexity index is 956. The van der Waals surface area contributed by atoms with Gasteiger partial charge in [0.1, 0.15) is 11.4 Å². The summed E-state index contributed by atoms with van der Waals surface area (Å²) in [5, 5.41) is 3.70. The van der Waals surface area contributed by atoms with Gasteiger partial charge >= 0.3 is 0 Å². The molecule has 0 spiro atoms. The molecule has 3 aromatic rings. The minimum absolute atomic E-state index is 0.155. The third-order valence-corrected chi connectivity index (χ3v) is 3.36. The first kappa shape index (κ1) is 17.3. The number of rotatable bonds is 6. The molecule has 0 saturated heterocycles. The summed E-state index contributed by atoms with van der Waals surface area (Å²) in [6.07, 6.45) is 3.41. The lowest BCUT2D eigenvalue weighted by molar-refractivity contribution is 0.0991. The molecular formula is C18H13F2N3O3. The van der Waals surface area contributed by atoms with Gasteiger partial charge in [-0.05, 0) is 23.8 Å². The molecule has 1 amide bonds. The van der Waals surface area contributed by atoms with Crippen LogP contribution in [0, 0.1) is 11.6 Å². The van der Waals surface area contributed by atoms with Crippen molar-refractivity contribution < 1.29 is 22.8 Å². The lowest BCUT2D eigenvalue weighted by atomic mass is 10.1. The predicted molar refractivity (Wildman–Crippen MR) is 88.9 cm³/mol. The first-order chi connectivity index (χ1) is 12.5. The molecule has 3 rings (SSSR count). The molecule has 1 heterocycles. The van der Waals surface area contributed by atoms with E-state index in [1.807, 2.05) is 30.3 Å². The van der Waals surface area contributed by atoms with E-state index in [1.165, 1.54) is 0 Å². The van der Waals surface area contributed by atoms with Crippen LogP contribution < -0.4 is 10.5 Å².